The third kappa shape index (κ3) is 4.47. The van der Waals surface area contributed by atoms with Gasteiger partial charge in [-0.3, -0.25) is 4.79 Å². The van der Waals surface area contributed by atoms with Gasteiger partial charge in [0.15, 0.2) is 0 Å². The number of amides is 1. The van der Waals surface area contributed by atoms with Crippen LogP contribution in [0, 0.1) is 0 Å². The van der Waals surface area contributed by atoms with Crippen LogP contribution in [0.15, 0.2) is 58.0 Å². The van der Waals surface area contributed by atoms with E-state index in [0.29, 0.717) is 44.2 Å². The number of nitrogens with zero attached hydrogens (tertiary/aromatic N) is 1. The summed E-state index contributed by atoms with van der Waals surface area (Å²) >= 11 is 12.1. The molecule has 144 valence electrons. The molecule has 0 spiro atoms. The van der Waals surface area contributed by atoms with Gasteiger partial charge in [-0.15, -0.1) is 0 Å². The molecule has 0 bridgehead atoms. The number of carbonyl (C=O) groups excluding carboxylic acids is 1. The first-order valence-electron chi connectivity index (χ1n) is 8.12. The van der Waals surface area contributed by atoms with Gasteiger partial charge in [-0.2, -0.15) is 5.10 Å². The van der Waals surface area contributed by atoms with Gasteiger partial charge >= 0.3 is 0 Å². The second-order valence-electron chi connectivity index (χ2n) is 5.59. The summed E-state index contributed by atoms with van der Waals surface area (Å²) in [4.78, 5) is 12.3. The molecule has 2 aromatic carbocycles. The maximum atomic E-state index is 12.3. The van der Waals surface area contributed by atoms with E-state index < -0.39 is 5.91 Å². The second-order valence-corrected chi connectivity index (χ2v) is 6.44. The van der Waals surface area contributed by atoms with Crippen molar-refractivity contribution in [2.45, 2.75) is 0 Å². The lowest BCUT2D eigenvalue weighted by molar-refractivity contribution is 0.0952. The molecule has 0 fully saturated rings. The van der Waals surface area contributed by atoms with Gasteiger partial charge < -0.3 is 13.9 Å². The van der Waals surface area contributed by atoms with Crippen molar-refractivity contribution in [2.24, 2.45) is 5.10 Å². The Bertz CT molecular complexity index is 1030. The molecule has 1 aromatic heterocycles. The van der Waals surface area contributed by atoms with Gasteiger partial charge in [0.25, 0.3) is 5.91 Å². The van der Waals surface area contributed by atoms with Crippen LogP contribution < -0.4 is 14.9 Å². The number of methoxy groups -OCH3 is 2. The normalized spacial score (nSPS) is 10.9. The van der Waals surface area contributed by atoms with Crippen molar-refractivity contribution >= 4 is 35.3 Å². The Balaban J connectivity index is 1.70. The van der Waals surface area contributed by atoms with Crippen LogP contribution in [-0.4, -0.2) is 26.3 Å². The molecule has 1 N–H and O–H groups in total. The minimum Gasteiger partial charge on any atom is -0.497 e. The number of carbonyl (C=O) groups is 1. The van der Waals surface area contributed by atoms with E-state index in [1.807, 2.05) is 0 Å². The number of nitrogens with one attached hydrogen (secondary N) is 1. The van der Waals surface area contributed by atoms with Crippen LogP contribution in [0.4, 0.5) is 0 Å². The lowest BCUT2D eigenvalue weighted by Crippen LogP contribution is -2.18. The first-order chi connectivity index (χ1) is 13.5. The van der Waals surface area contributed by atoms with Crippen LogP contribution >= 0.6 is 23.2 Å². The number of benzene rings is 2. The van der Waals surface area contributed by atoms with E-state index >= 15 is 0 Å². The van der Waals surface area contributed by atoms with Crippen molar-refractivity contribution < 1.29 is 18.7 Å². The zero-order valence-electron chi connectivity index (χ0n) is 15.0. The molecule has 0 saturated carbocycles. The molecule has 0 atom stereocenters. The summed E-state index contributed by atoms with van der Waals surface area (Å²) in [6.45, 7) is 0. The first-order valence-corrected chi connectivity index (χ1v) is 8.88. The van der Waals surface area contributed by atoms with Crippen molar-refractivity contribution in [3.63, 3.8) is 0 Å². The minimum atomic E-state index is -0.428. The average molecular weight is 419 g/mol. The number of furan rings is 1. The van der Waals surface area contributed by atoms with Gasteiger partial charge in [0, 0.05) is 16.7 Å². The van der Waals surface area contributed by atoms with E-state index in [2.05, 4.69) is 10.5 Å². The smallest absolute Gasteiger partial charge is 0.275 e. The number of hydrogen-bond donors (Lipinski definition) is 1. The summed E-state index contributed by atoms with van der Waals surface area (Å²) in [6, 6.07) is 13.5. The molecule has 6 nitrogen and oxygen atoms in total. The van der Waals surface area contributed by atoms with Gasteiger partial charge in [0.05, 0.1) is 31.0 Å². The van der Waals surface area contributed by atoms with E-state index in [1.165, 1.54) is 20.4 Å². The SMILES string of the molecule is COc1ccc(C(=O)NN=Cc2ccc(-c3ccc(Cl)cc3Cl)o2)c(OC)c1. The summed E-state index contributed by atoms with van der Waals surface area (Å²) in [6.07, 6.45) is 1.39. The molecule has 3 rings (SSSR count). The van der Waals surface area contributed by atoms with Crippen molar-refractivity contribution in [3.05, 3.63) is 69.9 Å². The summed E-state index contributed by atoms with van der Waals surface area (Å²) in [5.74, 6) is 1.54. The molecule has 0 aliphatic carbocycles. The highest BCUT2D eigenvalue weighted by Crippen LogP contribution is 2.31. The van der Waals surface area contributed by atoms with Gasteiger partial charge in [0.1, 0.15) is 23.0 Å². The highest BCUT2D eigenvalue weighted by molar-refractivity contribution is 6.36. The van der Waals surface area contributed by atoms with Gasteiger partial charge in [-0.05, 0) is 42.5 Å². The number of hydrogen-bond acceptors (Lipinski definition) is 5. The molecule has 0 aliphatic rings. The second kappa shape index (κ2) is 8.82. The molecule has 8 heteroatoms. The van der Waals surface area contributed by atoms with Crippen molar-refractivity contribution in [3.8, 4) is 22.8 Å². The predicted octanol–water partition coefficient (Wildman–Crippen LogP) is 5.03. The Morgan fingerprint density at radius 3 is 2.61 bits per heavy atom. The number of halogens is 2. The van der Waals surface area contributed by atoms with Crippen LogP contribution in [0.1, 0.15) is 16.1 Å². The van der Waals surface area contributed by atoms with Crippen molar-refractivity contribution in [2.75, 3.05) is 14.2 Å². The molecule has 1 heterocycles. The number of hydrazone groups is 1. The standard InChI is InChI=1S/C20H16Cl2N2O4/c1-26-13-4-7-16(19(10-13)27-2)20(25)24-23-11-14-5-8-18(28-14)15-6-3-12(21)9-17(15)22/h3-11H,1-2H3,(H,24,25). The maximum Gasteiger partial charge on any atom is 0.275 e. The minimum absolute atomic E-state index is 0.327. The first kappa shape index (κ1) is 19.8. The molecule has 0 aliphatic heterocycles. The zero-order valence-corrected chi connectivity index (χ0v) is 16.5. The van der Waals surface area contributed by atoms with Crippen molar-refractivity contribution in [1.29, 1.82) is 0 Å². The van der Waals surface area contributed by atoms with Gasteiger partial charge in [-0.1, -0.05) is 23.2 Å². The fourth-order valence-corrected chi connectivity index (χ4v) is 2.96. The lowest BCUT2D eigenvalue weighted by Gasteiger charge is -2.08. The molecule has 28 heavy (non-hydrogen) atoms. The van der Waals surface area contributed by atoms with Crippen LogP contribution in [0.5, 0.6) is 11.5 Å². The quantitative estimate of drug-likeness (QED) is 0.449. The molecular formula is C20H16Cl2N2O4. The van der Waals surface area contributed by atoms with E-state index in [-0.39, 0.29) is 0 Å². The lowest BCUT2D eigenvalue weighted by atomic mass is 10.2. The third-order valence-electron chi connectivity index (χ3n) is 3.83. The highest BCUT2D eigenvalue weighted by Gasteiger charge is 2.13. The third-order valence-corrected chi connectivity index (χ3v) is 4.38. The molecule has 0 radical (unpaired) electrons. The molecule has 0 saturated heterocycles. The van der Waals surface area contributed by atoms with Crippen LogP contribution in [0.25, 0.3) is 11.3 Å². The van der Waals surface area contributed by atoms with E-state index in [1.54, 1.807) is 48.5 Å². The van der Waals surface area contributed by atoms with E-state index in [0.717, 1.165) is 0 Å². The van der Waals surface area contributed by atoms with Crippen LogP contribution in [0.3, 0.4) is 0 Å². The number of ether oxygens (including phenoxy) is 2. The monoisotopic (exact) mass is 418 g/mol. The summed E-state index contributed by atoms with van der Waals surface area (Å²) in [5, 5.41) is 4.94. The fraction of sp³-hybridized carbons (Fsp3) is 0.100. The van der Waals surface area contributed by atoms with E-state index in [4.69, 9.17) is 37.1 Å². The Kier molecular flexibility index (Phi) is 6.23. The Labute approximate surface area is 171 Å². The molecular weight excluding hydrogens is 403 g/mol. The Hall–Kier alpha value is -2.96. The summed E-state index contributed by atoms with van der Waals surface area (Å²) in [5.41, 5.74) is 3.47. The van der Waals surface area contributed by atoms with Crippen LogP contribution in [0.2, 0.25) is 10.0 Å². The molecule has 1 amide bonds. The van der Waals surface area contributed by atoms with Gasteiger partial charge in [-0.25, -0.2) is 5.43 Å². The predicted molar refractivity (Wildman–Crippen MR) is 109 cm³/mol. The largest absolute Gasteiger partial charge is 0.497 e. The van der Waals surface area contributed by atoms with Crippen molar-refractivity contribution in [1.82, 2.24) is 5.43 Å². The van der Waals surface area contributed by atoms with E-state index in [9.17, 15) is 4.79 Å². The zero-order chi connectivity index (χ0) is 20.1. The summed E-state index contributed by atoms with van der Waals surface area (Å²) in [7, 11) is 3.01. The Morgan fingerprint density at radius 1 is 1.07 bits per heavy atom. The topological polar surface area (TPSA) is 73.1 Å². The maximum absolute atomic E-state index is 12.3. The number of rotatable bonds is 6. The Morgan fingerprint density at radius 2 is 1.89 bits per heavy atom. The average Bonchev–Trinajstić information content (AvgIpc) is 3.15. The summed E-state index contributed by atoms with van der Waals surface area (Å²) < 4.78 is 16.0. The molecule has 0 unspecified atom stereocenters. The molecule has 3 aromatic rings. The van der Waals surface area contributed by atoms with Crippen LogP contribution in [-0.2, 0) is 0 Å². The van der Waals surface area contributed by atoms with Gasteiger partial charge in [0.2, 0.25) is 0 Å². The fourth-order valence-electron chi connectivity index (χ4n) is 2.46. The highest BCUT2D eigenvalue weighted by atomic mass is 35.5.